The predicted molar refractivity (Wildman–Crippen MR) is 80.1 cm³/mol. The number of amides is 2. The number of nitrogens with one attached hydrogen (secondary N) is 2. The van der Waals surface area contributed by atoms with Crippen LogP contribution in [0, 0.1) is 0 Å². The van der Waals surface area contributed by atoms with Crippen LogP contribution in [-0.4, -0.2) is 50.3 Å². The zero-order chi connectivity index (χ0) is 16.9. The number of alkyl halides is 3. The molecule has 9 heteroatoms. The predicted octanol–water partition coefficient (Wildman–Crippen LogP) is 1.74. The molecule has 0 unspecified atom stereocenters. The zero-order valence-electron chi connectivity index (χ0n) is 12.4. The molecule has 0 bridgehead atoms. The van der Waals surface area contributed by atoms with E-state index in [9.17, 15) is 18.0 Å². The number of nitrogens with zero attached hydrogens (tertiary/aromatic N) is 1. The van der Waals surface area contributed by atoms with Gasteiger partial charge in [0.25, 0.3) is 0 Å². The third-order valence-electron chi connectivity index (χ3n) is 3.45. The highest BCUT2D eigenvalue weighted by molar-refractivity contribution is 5.91. The topological polar surface area (TPSA) is 79.6 Å². The summed E-state index contributed by atoms with van der Waals surface area (Å²) in [5.41, 5.74) is 3.55. The molecule has 0 aromatic heterocycles. The monoisotopic (exact) mass is 332 g/mol. The molecular weight excluding hydrogens is 313 g/mol. The highest BCUT2D eigenvalue weighted by atomic mass is 19.4. The Morgan fingerprint density at radius 1 is 1.30 bits per heavy atom. The first-order chi connectivity index (χ1) is 10.9. The highest BCUT2D eigenvalue weighted by Crippen LogP contribution is 2.38. The number of ether oxygens (including phenoxy) is 1. The molecule has 0 saturated carbocycles. The fourth-order valence-electron chi connectivity index (χ4n) is 2.31. The lowest BCUT2D eigenvalue weighted by Gasteiger charge is -2.26. The minimum atomic E-state index is -4.64. The third kappa shape index (κ3) is 5.00. The molecule has 0 atom stereocenters. The Bertz CT molecular complexity index is 545. The lowest BCUT2D eigenvalue weighted by molar-refractivity contribution is -0.136. The van der Waals surface area contributed by atoms with Crippen LogP contribution in [0.5, 0.6) is 0 Å². The smallest absolute Gasteiger partial charge is 0.398 e. The molecule has 4 N–H and O–H groups in total. The number of carbonyl (C=O) groups excluding carboxylic acids is 1. The van der Waals surface area contributed by atoms with Crippen LogP contribution in [0.4, 0.5) is 29.3 Å². The second kappa shape index (κ2) is 7.51. The number of hydrogen-bond donors (Lipinski definition) is 3. The number of hydrogen-bond acceptors (Lipinski definition) is 4. The molecule has 2 amide bonds. The second-order valence-corrected chi connectivity index (χ2v) is 5.10. The molecule has 0 spiro atoms. The van der Waals surface area contributed by atoms with Crippen LogP contribution in [0.1, 0.15) is 5.56 Å². The minimum absolute atomic E-state index is 0.329. The van der Waals surface area contributed by atoms with Crippen molar-refractivity contribution in [2.45, 2.75) is 6.18 Å². The summed E-state index contributed by atoms with van der Waals surface area (Å²) < 4.78 is 44.2. The Balaban J connectivity index is 1.89. The Hall–Kier alpha value is -2.00. The van der Waals surface area contributed by atoms with Gasteiger partial charge in [0.2, 0.25) is 0 Å². The number of urea groups is 1. The maximum Gasteiger partial charge on any atom is 0.420 e. The van der Waals surface area contributed by atoms with Crippen molar-refractivity contribution in [3.63, 3.8) is 0 Å². The molecule has 1 aromatic rings. The van der Waals surface area contributed by atoms with E-state index in [0.717, 1.165) is 19.2 Å². The summed E-state index contributed by atoms with van der Waals surface area (Å²) in [6.45, 7) is 3.78. The van der Waals surface area contributed by atoms with Crippen molar-refractivity contribution in [3.8, 4) is 0 Å². The van der Waals surface area contributed by atoms with Crippen LogP contribution in [-0.2, 0) is 10.9 Å². The largest absolute Gasteiger partial charge is 0.420 e. The first-order valence-electron chi connectivity index (χ1n) is 7.18. The van der Waals surface area contributed by atoms with Crippen molar-refractivity contribution in [2.75, 3.05) is 50.4 Å². The molecular formula is C14H19F3N4O2. The maximum atomic E-state index is 13.0. The van der Waals surface area contributed by atoms with Crippen LogP contribution in [0.3, 0.4) is 0 Å². The summed E-state index contributed by atoms with van der Waals surface area (Å²) in [6, 6.07) is 2.97. The molecule has 0 radical (unpaired) electrons. The van der Waals surface area contributed by atoms with Gasteiger partial charge < -0.3 is 21.1 Å². The van der Waals surface area contributed by atoms with Crippen molar-refractivity contribution < 1.29 is 22.7 Å². The molecule has 23 heavy (non-hydrogen) atoms. The van der Waals surface area contributed by atoms with Crippen molar-refractivity contribution in [3.05, 3.63) is 23.8 Å². The second-order valence-electron chi connectivity index (χ2n) is 5.10. The number of halogens is 3. The van der Waals surface area contributed by atoms with Gasteiger partial charge in [-0.1, -0.05) is 6.07 Å². The molecule has 1 fully saturated rings. The number of anilines is 2. The molecule has 2 rings (SSSR count). The maximum absolute atomic E-state index is 13.0. The average molecular weight is 332 g/mol. The highest BCUT2D eigenvalue weighted by Gasteiger charge is 2.36. The van der Waals surface area contributed by atoms with Crippen molar-refractivity contribution >= 4 is 17.4 Å². The molecule has 1 aromatic carbocycles. The number of nitrogen functional groups attached to an aromatic ring is 1. The fourth-order valence-corrected chi connectivity index (χ4v) is 2.31. The van der Waals surface area contributed by atoms with Crippen molar-refractivity contribution in [1.82, 2.24) is 10.2 Å². The summed E-state index contributed by atoms with van der Waals surface area (Å²) in [7, 11) is 0. The Labute approximate surface area is 131 Å². The van der Waals surface area contributed by atoms with Crippen molar-refractivity contribution in [1.29, 1.82) is 0 Å². The molecule has 1 aliphatic rings. The Morgan fingerprint density at radius 2 is 2.00 bits per heavy atom. The first-order valence-corrected chi connectivity index (χ1v) is 7.18. The van der Waals surface area contributed by atoms with Gasteiger partial charge in [0, 0.05) is 31.9 Å². The quantitative estimate of drug-likeness (QED) is 0.734. The van der Waals surface area contributed by atoms with E-state index < -0.39 is 23.5 Å². The molecule has 1 aliphatic heterocycles. The van der Waals surface area contributed by atoms with E-state index in [1.165, 1.54) is 12.1 Å². The van der Waals surface area contributed by atoms with Crippen LogP contribution >= 0.6 is 0 Å². The van der Waals surface area contributed by atoms with Gasteiger partial charge >= 0.3 is 12.2 Å². The number of nitrogens with two attached hydrogens (primary N) is 1. The van der Waals surface area contributed by atoms with Crippen LogP contribution < -0.4 is 16.4 Å². The van der Waals surface area contributed by atoms with E-state index >= 15 is 0 Å². The van der Waals surface area contributed by atoms with Gasteiger partial charge in [-0.05, 0) is 12.1 Å². The lowest BCUT2D eigenvalue weighted by Crippen LogP contribution is -2.42. The fraction of sp³-hybridized carbons (Fsp3) is 0.500. The molecule has 6 nitrogen and oxygen atoms in total. The van der Waals surface area contributed by atoms with E-state index in [0.29, 0.717) is 26.3 Å². The Morgan fingerprint density at radius 3 is 2.65 bits per heavy atom. The molecule has 1 saturated heterocycles. The van der Waals surface area contributed by atoms with E-state index in [1.807, 2.05) is 0 Å². The first kappa shape index (κ1) is 17.4. The summed E-state index contributed by atoms with van der Waals surface area (Å²) >= 11 is 0. The molecule has 1 heterocycles. The number of benzene rings is 1. The van der Waals surface area contributed by atoms with Gasteiger partial charge in [0.1, 0.15) is 5.56 Å². The van der Waals surface area contributed by atoms with E-state index in [1.54, 1.807) is 0 Å². The van der Waals surface area contributed by atoms with Crippen LogP contribution in [0.25, 0.3) is 0 Å². The SMILES string of the molecule is Nc1cccc(NC(=O)NCCN2CCOCC2)c1C(F)(F)F. The van der Waals surface area contributed by atoms with Gasteiger partial charge in [0.05, 0.1) is 18.9 Å². The summed E-state index contributed by atoms with van der Waals surface area (Å²) in [5, 5.41) is 4.74. The zero-order valence-corrected chi connectivity index (χ0v) is 12.4. The van der Waals surface area contributed by atoms with Crippen LogP contribution in [0.2, 0.25) is 0 Å². The van der Waals surface area contributed by atoms with Crippen molar-refractivity contribution in [2.24, 2.45) is 0 Å². The van der Waals surface area contributed by atoms with E-state index in [-0.39, 0.29) is 5.69 Å². The van der Waals surface area contributed by atoms with Gasteiger partial charge in [-0.25, -0.2) is 4.79 Å². The number of morpholine rings is 1. The standard InChI is InChI=1S/C14H19F3N4O2/c15-14(16,17)12-10(18)2-1-3-11(12)20-13(22)19-4-5-21-6-8-23-9-7-21/h1-3H,4-9,18H2,(H2,19,20,22). The third-order valence-corrected chi connectivity index (χ3v) is 3.45. The average Bonchev–Trinajstić information content (AvgIpc) is 2.47. The van der Waals surface area contributed by atoms with Gasteiger partial charge in [-0.2, -0.15) is 13.2 Å². The van der Waals surface area contributed by atoms with E-state index in [4.69, 9.17) is 10.5 Å². The van der Waals surface area contributed by atoms with E-state index in [2.05, 4.69) is 15.5 Å². The summed E-state index contributed by atoms with van der Waals surface area (Å²) in [5.74, 6) is 0. The number of carbonyl (C=O) groups is 1. The molecule has 0 aliphatic carbocycles. The number of rotatable bonds is 4. The van der Waals surface area contributed by atoms with Gasteiger partial charge in [-0.3, -0.25) is 4.90 Å². The Kier molecular flexibility index (Phi) is 5.67. The minimum Gasteiger partial charge on any atom is -0.398 e. The van der Waals surface area contributed by atoms with Gasteiger partial charge in [-0.15, -0.1) is 0 Å². The van der Waals surface area contributed by atoms with Gasteiger partial charge in [0.15, 0.2) is 0 Å². The summed E-state index contributed by atoms with van der Waals surface area (Å²) in [4.78, 5) is 13.9. The lowest BCUT2D eigenvalue weighted by atomic mass is 10.1. The van der Waals surface area contributed by atoms with Crippen LogP contribution in [0.15, 0.2) is 18.2 Å². The normalized spacial score (nSPS) is 16.1. The molecule has 128 valence electrons. The summed E-state index contributed by atoms with van der Waals surface area (Å²) in [6.07, 6.45) is -4.64.